The molecule has 0 spiro atoms. The Balaban J connectivity index is 1.84. The van der Waals surface area contributed by atoms with E-state index in [0.29, 0.717) is 18.7 Å². The van der Waals surface area contributed by atoms with E-state index in [0.717, 1.165) is 16.9 Å². The SMILES string of the molecule is COc1ccccc1C[NH2+]CC(O)(c1ccccc1)c1ccc(F)cc1. The molecule has 0 saturated carbocycles. The summed E-state index contributed by atoms with van der Waals surface area (Å²) >= 11 is 0. The number of halogens is 1. The van der Waals surface area contributed by atoms with Gasteiger partial charge in [-0.2, -0.15) is 0 Å². The van der Waals surface area contributed by atoms with Gasteiger partial charge in [0.1, 0.15) is 24.7 Å². The Labute approximate surface area is 153 Å². The van der Waals surface area contributed by atoms with Crippen molar-refractivity contribution in [1.29, 1.82) is 0 Å². The number of methoxy groups -OCH3 is 1. The zero-order valence-corrected chi connectivity index (χ0v) is 14.7. The van der Waals surface area contributed by atoms with Crippen LogP contribution in [-0.2, 0) is 12.1 Å². The average molecular weight is 352 g/mol. The second-order valence-corrected chi connectivity index (χ2v) is 6.24. The standard InChI is InChI=1S/C22H22FNO2/c1-26-21-10-6-5-7-17(21)15-24-16-22(25,18-8-3-2-4-9-18)19-11-13-20(23)14-12-19/h2-14,24-25H,15-16H2,1H3/p+1. The van der Waals surface area contributed by atoms with Crippen LogP contribution >= 0.6 is 0 Å². The van der Waals surface area contributed by atoms with Gasteiger partial charge in [-0.25, -0.2) is 4.39 Å². The summed E-state index contributed by atoms with van der Waals surface area (Å²) in [6.45, 7) is 1.07. The monoisotopic (exact) mass is 352 g/mol. The first-order chi connectivity index (χ1) is 12.6. The van der Waals surface area contributed by atoms with Crippen molar-refractivity contribution in [3.63, 3.8) is 0 Å². The largest absolute Gasteiger partial charge is 0.496 e. The van der Waals surface area contributed by atoms with Crippen LogP contribution in [0.15, 0.2) is 78.9 Å². The van der Waals surface area contributed by atoms with Crippen molar-refractivity contribution in [2.75, 3.05) is 13.7 Å². The Morgan fingerprint density at radius 1 is 0.885 bits per heavy atom. The molecule has 1 atom stereocenters. The topological polar surface area (TPSA) is 46.1 Å². The zero-order chi connectivity index (χ0) is 18.4. The van der Waals surface area contributed by atoms with E-state index < -0.39 is 5.60 Å². The van der Waals surface area contributed by atoms with Crippen molar-refractivity contribution in [2.45, 2.75) is 12.1 Å². The highest BCUT2D eigenvalue weighted by Crippen LogP contribution is 2.28. The first-order valence-electron chi connectivity index (χ1n) is 8.61. The summed E-state index contributed by atoms with van der Waals surface area (Å²) in [6.07, 6.45) is 0. The highest BCUT2D eigenvalue weighted by molar-refractivity contribution is 5.36. The highest BCUT2D eigenvalue weighted by atomic mass is 19.1. The van der Waals surface area contributed by atoms with Gasteiger partial charge in [-0.1, -0.05) is 54.6 Å². The molecule has 1 unspecified atom stereocenters. The van der Waals surface area contributed by atoms with E-state index in [1.807, 2.05) is 59.9 Å². The van der Waals surface area contributed by atoms with E-state index in [-0.39, 0.29) is 5.82 Å². The lowest BCUT2D eigenvalue weighted by molar-refractivity contribution is -0.682. The number of aliphatic hydroxyl groups is 1. The Morgan fingerprint density at radius 2 is 1.50 bits per heavy atom. The number of hydrogen-bond donors (Lipinski definition) is 2. The van der Waals surface area contributed by atoms with Gasteiger partial charge < -0.3 is 15.2 Å². The van der Waals surface area contributed by atoms with Crippen LogP contribution in [0, 0.1) is 5.82 Å². The van der Waals surface area contributed by atoms with Gasteiger partial charge >= 0.3 is 0 Å². The molecule has 0 bridgehead atoms. The number of benzene rings is 3. The molecule has 0 aliphatic carbocycles. The Morgan fingerprint density at radius 3 is 2.19 bits per heavy atom. The molecule has 3 aromatic rings. The molecule has 3 nitrogen and oxygen atoms in total. The van der Waals surface area contributed by atoms with E-state index >= 15 is 0 Å². The maximum atomic E-state index is 13.3. The smallest absolute Gasteiger partial charge is 0.163 e. The lowest BCUT2D eigenvalue weighted by Crippen LogP contribution is -2.86. The van der Waals surface area contributed by atoms with Crippen LogP contribution < -0.4 is 10.1 Å². The molecule has 26 heavy (non-hydrogen) atoms. The number of quaternary nitrogens is 1. The fourth-order valence-electron chi connectivity index (χ4n) is 3.15. The van der Waals surface area contributed by atoms with Gasteiger partial charge in [-0.15, -0.1) is 0 Å². The Hall–Kier alpha value is -2.69. The van der Waals surface area contributed by atoms with Gasteiger partial charge in [-0.3, -0.25) is 0 Å². The fraction of sp³-hybridized carbons (Fsp3) is 0.182. The third kappa shape index (κ3) is 3.93. The second kappa shape index (κ2) is 8.13. The number of nitrogens with two attached hydrogens (primary N) is 1. The molecule has 3 aromatic carbocycles. The zero-order valence-electron chi connectivity index (χ0n) is 14.7. The molecule has 0 aromatic heterocycles. The van der Waals surface area contributed by atoms with Gasteiger partial charge in [0.25, 0.3) is 0 Å². The Kier molecular flexibility index (Phi) is 5.66. The summed E-state index contributed by atoms with van der Waals surface area (Å²) in [4.78, 5) is 0. The first-order valence-corrected chi connectivity index (χ1v) is 8.61. The number of hydrogen-bond acceptors (Lipinski definition) is 2. The minimum Gasteiger partial charge on any atom is -0.496 e. The van der Waals surface area contributed by atoms with E-state index in [1.54, 1.807) is 19.2 Å². The predicted octanol–water partition coefficient (Wildman–Crippen LogP) is 2.83. The molecule has 0 aliphatic heterocycles. The van der Waals surface area contributed by atoms with Crippen molar-refractivity contribution >= 4 is 0 Å². The van der Waals surface area contributed by atoms with Gasteiger partial charge in [0.05, 0.1) is 7.11 Å². The van der Waals surface area contributed by atoms with Crippen LogP contribution in [0.5, 0.6) is 5.75 Å². The molecule has 3 N–H and O–H groups in total. The van der Waals surface area contributed by atoms with Crippen molar-refractivity contribution in [2.24, 2.45) is 0 Å². The highest BCUT2D eigenvalue weighted by Gasteiger charge is 2.33. The van der Waals surface area contributed by atoms with Crippen LogP contribution in [0.2, 0.25) is 0 Å². The lowest BCUT2D eigenvalue weighted by atomic mass is 9.86. The van der Waals surface area contributed by atoms with Crippen molar-refractivity contribution < 1.29 is 19.6 Å². The van der Waals surface area contributed by atoms with Gasteiger partial charge in [0.2, 0.25) is 0 Å². The lowest BCUT2D eigenvalue weighted by Gasteiger charge is -2.28. The van der Waals surface area contributed by atoms with E-state index in [4.69, 9.17) is 4.74 Å². The molecule has 0 amide bonds. The molecule has 0 radical (unpaired) electrons. The summed E-state index contributed by atoms with van der Waals surface area (Å²) in [5.41, 5.74) is 1.30. The van der Waals surface area contributed by atoms with Crippen molar-refractivity contribution in [1.82, 2.24) is 0 Å². The van der Waals surface area contributed by atoms with E-state index in [1.165, 1.54) is 12.1 Å². The molecular formula is C22H23FNO2+. The summed E-state index contributed by atoms with van der Waals surface area (Å²) in [5, 5.41) is 13.5. The van der Waals surface area contributed by atoms with Crippen molar-refractivity contribution in [3.8, 4) is 5.75 Å². The van der Waals surface area contributed by atoms with Gasteiger partial charge in [-0.05, 0) is 35.4 Å². The quantitative estimate of drug-likeness (QED) is 0.687. The summed E-state index contributed by atoms with van der Waals surface area (Å²) < 4.78 is 18.7. The minimum absolute atomic E-state index is 0.317. The normalized spacial score (nSPS) is 13.2. The fourth-order valence-corrected chi connectivity index (χ4v) is 3.15. The van der Waals surface area contributed by atoms with Crippen LogP contribution in [0.3, 0.4) is 0 Å². The van der Waals surface area contributed by atoms with Crippen LogP contribution in [0.4, 0.5) is 4.39 Å². The summed E-state index contributed by atoms with van der Waals surface area (Å²) in [7, 11) is 1.65. The maximum absolute atomic E-state index is 13.3. The second-order valence-electron chi connectivity index (χ2n) is 6.24. The van der Waals surface area contributed by atoms with Gasteiger partial charge in [0, 0.05) is 5.56 Å². The molecular weight excluding hydrogens is 329 g/mol. The molecule has 3 rings (SSSR count). The van der Waals surface area contributed by atoms with Crippen molar-refractivity contribution in [3.05, 3.63) is 101 Å². The molecule has 0 saturated heterocycles. The van der Waals surface area contributed by atoms with Crippen LogP contribution in [-0.4, -0.2) is 18.8 Å². The molecule has 0 fully saturated rings. The molecule has 134 valence electrons. The molecule has 0 aliphatic rings. The first kappa shape index (κ1) is 18.1. The third-order valence-corrected chi connectivity index (χ3v) is 4.57. The number of ether oxygens (including phenoxy) is 1. The predicted molar refractivity (Wildman–Crippen MR) is 99.3 cm³/mol. The minimum atomic E-state index is -1.21. The summed E-state index contributed by atoms with van der Waals surface area (Å²) in [6, 6.07) is 23.3. The van der Waals surface area contributed by atoms with Crippen LogP contribution in [0.1, 0.15) is 16.7 Å². The Bertz CT molecular complexity index is 836. The van der Waals surface area contributed by atoms with E-state index in [9.17, 15) is 9.50 Å². The number of para-hydroxylation sites is 1. The van der Waals surface area contributed by atoms with Gasteiger partial charge in [0.15, 0.2) is 5.60 Å². The van der Waals surface area contributed by atoms with Crippen LogP contribution in [0.25, 0.3) is 0 Å². The third-order valence-electron chi connectivity index (χ3n) is 4.57. The maximum Gasteiger partial charge on any atom is 0.163 e. The number of rotatable bonds is 7. The van der Waals surface area contributed by atoms with E-state index in [2.05, 4.69) is 0 Å². The molecule has 0 heterocycles. The summed E-state index contributed by atoms with van der Waals surface area (Å²) in [5.74, 6) is 0.510. The molecule has 4 heteroatoms. The average Bonchev–Trinajstić information content (AvgIpc) is 2.69.